The lowest BCUT2D eigenvalue weighted by Crippen LogP contribution is -2.53. The number of benzene rings is 4. The lowest BCUT2D eigenvalue weighted by molar-refractivity contribution is -0.174. The molecule has 4 aliphatic carbocycles. The number of hydrogen-bond donors (Lipinski definition) is 0. The van der Waals surface area contributed by atoms with Crippen LogP contribution in [0.4, 0.5) is 0 Å². The zero-order valence-corrected chi connectivity index (χ0v) is 50.0. The highest BCUT2D eigenvalue weighted by atomic mass is 16.6. The third-order valence-corrected chi connectivity index (χ3v) is 19.6. The van der Waals surface area contributed by atoms with E-state index in [0.29, 0.717) is 11.8 Å². The van der Waals surface area contributed by atoms with Gasteiger partial charge in [-0.15, -0.1) is 0 Å². The first-order valence-electron chi connectivity index (χ1n) is 29.7. The summed E-state index contributed by atoms with van der Waals surface area (Å²) in [7, 11) is 0. The Hall–Kier alpha value is -4.66. The minimum absolute atomic E-state index is 0.0592. The van der Waals surface area contributed by atoms with Crippen LogP contribution in [0, 0.1) is 22.7 Å². The topological polar surface area (TPSA) is 89.5 Å². The summed E-state index contributed by atoms with van der Waals surface area (Å²) >= 11 is 0. The van der Waals surface area contributed by atoms with E-state index in [-0.39, 0.29) is 72.6 Å². The van der Waals surface area contributed by atoms with Gasteiger partial charge in [0.05, 0.1) is 22.5 Å². The molecule has 0 radical (unpaired) electrons. The smallest absolute Gasteiger partial charge is 0.312 e. The van der Waals surface area contributed by atoms with E-state index in [1.54, 1.807) is 0 Å². The third kappa shape index (κ3) is 12.2. The number of carbonyl (C=O) groups excluding carboxylic acids is 2. The van der Waals surface area contributed by atoms with E-state index in [9.17, 15) is 9.59 Å². The van der Waals surface area contributed by atoms with Gasteiger partial charge in [-0.2, -0.15) is 0 Å². The second-order valence-corrected chi connectivity index (χ2v) is 26.9. The van der Waals surface area contributed by atoms with Crippen molar-refractivity contribution in [1.29, 1.82) is 0 Å². The number of ether oxygens (including phenoxy) is 6. The number of rotatable bonds is 21. The Balaban J connectivity index is 0.852. The van der Waals surface area contributed by atoms with Crippen molar-refractivity contribution >= 4 is 11.9 Å². The molecule has 2 fully saturated rings. The molecule has 4 aliphatic rings. The third-order valence-electron chi connectivity index (χ3n) is 19.6. The van der Waals surface area contributed by atoms with Crippen molar-refractivity contribution in [3.8, 4) is 11.5 Å². The highest BCUT2D eigenvalue weighted by Gasteiger charge is 2.57. The summed E-state index contributed by atoms with van der Waals surface area (Å²) in [6.07, 6.45) is 9.70. The van der Waals surface area contributed by atoms with Crippen LogP contribution in [-0.2, 0) is 57.6 Å². The highest BCUT2D eigenvalue weighted by molar-refractivity contribution is 5.78. The summed E-state index contributed by atoms with van der Waals surface area (Å²) in [5.41, 5.74) is 8.81. The molecular formula is C69H96O8. The van der Waals surface area contributed by atoms with Crippen LogP contribution >= 0.6 is 0 Å². The minimum atomic E-state index is -0.578. The maximum atomic E-state index is 14.4. The maximum absolute atomic E-state index is 14.4. The molecule has 2 saturated carbocycles. The maximum Gasteiger partial charge on any atom is 0.312 e. The molecular weight excluding hydrogens is 957 g/mol. The number of hydrogen-bond acceptors (Lipinski definition) is 8. The minimum Gasteiger partial charge on any atom is -0.491 e. The second-order valence-electron chi connectivity index (χ2n) is 26.9. The van der Waals surface area contributed by atoms with Crippen molar-refractivity contribution in [3.63, 3.8) is 0 Å². The van der Waals surface area contributed by atoms with Crippen LogP contribution in [0.3, 0.4) is 0 Å². The van der Waals surface area contributed by atoms with Crippen molar-refractivity contribution in [3.05, 3.63) is 129 Å². The molecule has 0 heterocycles. The molecule has 8 rings (SSSR count). The van der Waals surface area contributed by atoms with E-state index in [4.69, 9.17) is 28.4 Å². The number of fused-ring (bicyclic) bond motifs is 6. The molecule has 77 heavy (non-hydrogen) atoms. The molecule has 0 aromatic heterocycles. The fourth-order valence-corrected chi connectivity index (χ4v) is 14.5. The Bertz CT molecular complexity index is 2660. The van der Waals surface area contributed by atoms with Gasteiger partial charge in [-0.1, -0.05) is 136 Å². The summed E-state index contributed by atoms with van der Waals surface area (Å²) in [5, 5.41) is 0. The van der Waals surface area contributed by atoms with Crippen LogP contribution in [0.25, 0.3) is 0 Å². The SMILES string of the molecule is CCC(C)(C)OC(COC(=O)C1(C)CCCC2(C)c3ccc(C(C)C)cc3CCC12)COc1ccc(C(C)(C)c2ccc(OCC(COC(=O)C3(C)CCCC4(C)c5ccc(C(C)C)cc5CCC34)OC(C)C)cc2)cc1. The average Bonchev–Trinajstić information content (AvgIpc) is 3.45. The summed E-state index contributed by atoms with van der Waals surface area (Å²) in [6.45, 7) is 33.6. The number of aryl methyl sites for hydroxylation is 2. The van der Waals surface area contributed by atoms with Crippen molar-refractivity contribution in [2.24, 2.45) is 22.7 Å². The van der Waals surface area contributed by atoms with Gasteiger partial charge in [-0.05, 0) is 203 Å². The Labute approximate surface area is 464 Å². The second kappa shape index (κ2) is 23.2. The fraction of sp³-hybridized carbons (Fsp3) is 0.623. The molecule has 0 N–H and O–H groups in total. The highest BCUT2D eigenvalue weighted by Crippen LogP contribution is 2.59. The van der Waals surface area contributed by atoms with E-state index in [1.165, 1.54) is 33.4 Å². The lowest BCUT2D eigenvalue weighted by atomic mass is 9.49. The van der Waals surface area contributed by atoms with Crippen LogP contribution in [0.15, 0.2) is 84.9 Å². The zero-order valence-electron chi connectivity index (χ0n) is 50.0. The molecule has 8 atom stereocenters. The standard InChI is InChI=1S/C69H96O8/c1-16-64(8,9)77-57(44-75-63(71)69(15)38-18-36-67(13)59-32-20-49(46(4)5)40-51(59)22-34-61(67)69)43-73-55-29-25-53(26-30-55)65(10,11)52-23-27-54(28-24-52)72-41-56(76-47(6)7)42-74-62(70)68(14)37-17-35-66(12)58-31-19-48(45(2)3)39-50(58)21-33-60(66)68/h19-20,23-32,39-40,45-47,56-57,60-61H,16-18,21-22,33-38,41-44H2,1-15H3. The van der Waals surface area contributed by atoms with E-state index in [1.807, 2.05) is 38.1 Å². The van der Waals surface area contributed by atoms with Gasteiger partial charge >= 0.3 is 11.9 Å². The molecule has 0 aliphatic heterocycles. The van der Waals surface area contributed by atoms with Crippen LogP contribution in [0.2, 0.25) is 0 Å². The van der Waals surface area contributed by atoms with Crippen LogP contribution < -0.4 is 9.47 Å². The molecule has 0 spiro atoms. The van der Waals surface area contributed by atoms with E-state index < -0.39 is 28.6 Å². The Morgan fingerprint density at radius 1 is 0.558 bits per heavy atom. The lowest BCUT2D eigenvalue weighted by Gasteiger charge is -2.54. The quantitative estimate of drug-likeness (QED) is 0.0763. The van der Waals surface area contributed by atoms with Crippen LogP contribution in [0.5, 0.6) is 11.5 Å². The predicted molar refractivity (Wildman–Crippen MR) is 310 cm³/mol. The molecule has 4 aromatic rings. The zero-order chi connectivity index (χ0) is 55.7. The molecule has 8 heteroatoms. The predicted octanol–water partition coefficient (Wildman–Crippen LogP) is 15.9. The molecule has 8 nitrogen and oxygen atoms in total. The summed E-state index contributed by atoms with van der Waals surface area (Å²) < 4.78 is 38.3. The molecule has 8 unspecified atom stereocenters. The number of carbonyl (C=O) groups is 2. The summed E-state index contributed by atoms with van der Waals surface area (Å²) in [6, 6.07) is 30.7. The average molecular weight is 1050 g/mol. The van der Waals surface area contributed by atoms with Crippen LogP contribution in [-0.4, -0.2) is 62.3 Å². The molecule has 0 saturated heterocycles. The van der Waals surface area contributed by atoms with Crippen molar-refractivity contribution in [1.82, 2.24) is 0 Å². The normalized spacial score (nSPS) is 26.0. The largest absolute Gasteiger partial charge is 0.491 e. The Morgan fingerprint density at radius 3 is 1.38 bits per heavy atom. The van der Waals surface area contributed by atoms with Gasteiger partial charge in [0.2, 0.25) is 0 Å². The van der Waals surface area contributed by atoms with E-state index in [0.717, 1.165) is 93.3 Å². The first-order valence-corrected chi connectivity index (χ1v) is 29.7. The molecule has 0 amide bonds. The summed E-state index contributed by atoms with van der Waals surface area (Å²) in [5.74, 6) is 2.64. The van der Waals surface area contributed by atoms with E-state index >= 15 is 0 Å². The van der Waals surface area contributed by atoms with Gasteiger partial charge < -0.3 is 28.4 Å². The van der Waals surface area contributed by atoms with Crippen molar-refractivity contribution in [2.45, 2.75) is 226 Å². The molecule has 4 aromatic carbocycles. The van der Waals surface area contributed by atoms with Gasteiger partial charge in [0.25, 0.3) is 0 Å². The Kier molecular flexibility index (Phi) is 17.6. The number of esters is 2. The first-order chi connectivity index (χ1) is 36.3. The van der Waals surface area contributed by atoms with Gasteiger partial charge in [-0.25, -0.2) is 0 Å². The van der Waals surface area contributed by atoms with Crippen LogP contribution in [0.1, 0.15) is 218 Å². The fourth-order valence-electron chi connectivity index (χ4n) is 14.5. The van der Waals surface area contributed by atoms with Gasteiger partial charge in [-0.3, -0.25) is 9.59 Å². The first kappa shape index (κ1) is 58.5. The van der Waals surface area contributed by atoms with Gasteiger partial charge in [0, 0.05) is 5.41 Å². The summed E-state index contributed by atoms with van der Waals surface area (Å²) in [4.78, 5) is 28.6. The van der Waals surface area contributed by atoms with Crippen molar-refractivity contribution < 1.29 is 38.0 Å². The molecule has 0 bridgehead atoms. The van der Waals surface area contributed by atoms with Gasteiger partial charge in [0.1, 0.15) is 50.1 Å². The van der Waals surface area contributed by atoms with Gasteiger partial charge in [0.15, 0.2) is 0 Å². The Morgan fingerprint density at radius 2 is 0.974 bits per heavy atom. The van der Waals surface area contributed by atoms with E-state index in [2.05, 4.69) is 151 Å². The monoisotopic (exact) mass is 1050 g/mol. The van der Waals surface area contributed by atoms with Crippen molar-refractivity contribution in [2.75, 3.05) is 26.4 Å². The molecule has 420 valence electrons.